The first-order valence-electron chi connectivity index (χ1n) is 6.62. The molecule has 6 heteroatoms. The average Bonchev–Trinajstić information content (AvgIpc) is 2.54. The van der Waals surface area contributed by atoms with Gasteiger partial charge < -0.3 is 4.74 Å². The van der Waals surface area contributed by atoms with Gasteiger partial charge in [0.2, 0.25) is 0 Å². The van der Waals surface area contributed by atoms with Crippen LogP contribution in [-0.2, 0) is 9.59 Å². The fraction of sp³-hybridized carbons (Fsp3) is 0.188. The number of benzene rings is 1. The van der Waals surface area contributed by atoms with E-state index in [9.17, 15) is 14.4 Å². The van der Waals surface area contributed by atoms with Crippen LogP contribution < -0.4 is 4.74 Å². The summed E-state index contributed by atoms with van der Waals surface area (Å²) in [4.78, 5) is 37.8. The van der Waals surface area contributed by atoms with Gasteiger partial charge >= 0.3 is 6.03 Å². The van der Waals surface area contributed by atoms with E-state index in [-0.39, 0.29) is 5.57 Å². The number of urea groups is 1. The van der Waals surface area contributed by atoms with E-state index in [0.29, 0.717) is 17.9 Å². The molecule has 0 atom stereocenters. The van der Waals surface area contributed by atoms with Gasteiger partial charge in [-0.25, -0.2) is 4.79 Å². The molecule has 0 saturated carbocycles. The Morgan fingerprint density at radius 2 is 1.68 bits per heavy atom. The molecule has 0 N–H and O–H groups in total. The lowest BCUT2D eigenvalue weighted by atomic mass is 10.1. The summed E-state index contributed by atoms with van der Waals surface area (Å²) in [6, 6.07) is 6.36. The van der Waals surface area contributed by atoms with Crippen LogP contribution in [-0.4, -0.2) is 48.3 Å². The van der Waals surface area contributed by atoms with Crippen molar-refractivity contribution in [2.45, 2.75) is 0 Å². The standard InChI is InChI=1S/C16H16N2O4/c1-4-9-22-13-8-6-5-7-11(13)10-12-14(19)17(2)16(21)18(3)15(12)20/h4-8,10H,1,9H2,2-3H3. The molecule has 1 aliphatic heterocycles. The number of carbonyl (C=O) groups excluding carboxylic acids is 3. The van der Waals surface area contributed by atoms with Crippen molar-refractivity contribution in [1.29, 1.82) is 0 Å². The molecule has 0 aliphatic carbocycles. The highest BCUT2D eigenvalue weighted by Crippen LogP contribution is 2.24. The molecule has 0 spiro atoms. The van der Waals surface area contributed by atoms with Crippen molar-refractivity contribution in [1.82, 2.24) is 9.80 Å². The SMILES string of the molecule is C=CCOc1ccccc1C=C1C(=O)N(C)C(=O)N(C)C1=O. The van der Waals surface area contributed by atoms with Gasteiger partial charge in [0.25, 0.3) is 11.8 Å². The summed E-state index contributed by atoms with van der Waals surface area (Å²) in [6.45, 7) is 3.88. The predicted molar refractivity (Wildman–Crippen MR) is 81.0 cm³/mol. The number of barbiturate groups is 1. The minimum Gasteiger partial charge on any atom is -0.489 e. The van der Waals surface area contributed by atoms with Gasteiger partial charge in [-0.3, -0.25) is 19.4 Å². The van der Waals surface area contributed by atoms with Gasteiger partial charge in [0.1, 0.15) is 17.9 Å². The molecule has 1 fully saturated rings. The highest BCUT2D eigenvalue weighted by atomic mass is 16.5. The van der Waals surface area contributed by atoms with Crippen LogP contribution in [0.15, 0.2) is 42.5 Å². The van der Waals surface area contributed by atoms with Crippen LogP contribution in [0.5, 0.6) is 5.75 Å². The molecule has 6 nitrogen and oxygen atoms in total. The van der Waals surface area contributed by atoms with Crippen LogP contribution in [0.1, 0.15) is 5.56 Å². The summed E-state index contributed by atoms with van der Waals surface area (Å²) < 4.78 is 5.49. The highest BCUT2D eigenvalue weighted by Gasteiger charge is 2.37. The first-order valence-corrected chi connectivity index (χ1v) is 6.62. The van der Waals surface area contributed by atoms with Gasteiger partial charge in [-0.15, -0.1) is 0 Å². The van der Waals surface area contributed by atoms with Crippen LogP contribution >= 0.6 is 0 Å². The molecule has 0 radical (unpaired) electrons. The maximum atomic E-state index is 12.2. The molecule has 1 aromatic carbocycles. The van der Waals surface area contributed by atoms with Crippen LogP contribution in [0, 0.1) is 0 Å². The monoisotopic (exact) mass is 300 g/mol. The van der Waals surface area contributed by atoms with E-state index in [1.807, 2.05) is 0 Å². The number of hydrogen-bond donors (Lipinski definition) is 0. The zero-order chi connectivity index (χ0) is 16.3. The van der Waals surface area contributed by atoms with Crippen LogP contribution in [0.2, 0.25) is 0 Å². The van der Waals surface area contributed by atoms with Gasteiger partial charge in [0, 0.05) is 19.7 Å². The number of para-hydroxylation sites is 1. The third-order valence-electron chi connectivity index (χ3n) is 3.22. The smallest absolute Gasteiger partial charge is 0.333 e. The minimum absolute atomic E-state index is 0.0840. The van der Waals surface area contributed by atoms with Gasteiger partial charge in [-0.2, -0.15) is 0 Å². The van der Waals surface area contributed by atoms with E-state index in [0.717, 1.165) is 9.80 Å². The molecule has 1 heterocycles. The van der Waals surface area contributed by atoms with Gasteiger partial charge in [-0.05, 0) is 12.1 Å². The quantitative estimate of drug-likeness (QED) is 0.482. The normalized spacial score (nSPS) is 15.2. The molecule has 1 aliphatic rings. The van der Waals surface area contributed by atoms with Crippen molar-refractivity contribution in [3.63, 3.8) is 0 Å². The number of carbonyl (C=O) groups is 3. The molecule has 22 heavy (non-hydrogen) atoms. The van der Waals surface area contributed by atoms with E-state index in [4.69, 9.17) is 4.74 Å². The molecule has 1 saturated heterocycles. The zero-order valence-corrected chi connectivity index (χ0v) is 12.4. The fourth-order valence-corrected chi connectivity index (χ4v) is 2.01. The Labute approximate surface area is 128 Å². The van der Waals surface area contributed by atoms with Crippen molar-refractivity contribution < 1.29 is 19.1 Å². The molecular weight excluding hydrogens is 284 g/mol. The lowest BCUT2D eigenvalue weighted by Crippen LogP contribution is -2.52. The first-order chi connectivity index (χ1) is 10.5. The van der Waals surface area contributed by atoms with Gasteiger partial charge in [0.05, 0.1) is 0 Å². The fourth-order valence-electron chi connectivity index (χ4n) is 2.01. The second-order valence-corrected chi connectivity index (χ2v) is 4.71. The third-order valence-corrected chi connectivity index (χ3v) is 3.22. The average molecular weight is 300 g/mol. The summed E-state index contributed by atoms with van der Waals surface area (Å²) in [7, 11) is 2.67. The van der Waals surface area contributed by atoms with Gasteiger partial charge in [0.15, 0.2) is 0 Å². The lowest BCUT2D eigenvalue weighted by molar-refractivity contribution is -0.134. The van der Waals surface area contributed by atoms with Crippen LogP contribution in [0.25, 0.3) is 6.08 Å². The molecule has 4 amide bonds. The number of rotatable bonds is 4. The third kappa shape index (κ3) is 2.76. The molecule has 0 bridgehead atoms. The summed E-state index contributed by atoms with van der Waals surface area (Å²) >= 11 is 0. The zero-order valence-electron chi connectivity index (χ0n) is 12.4. The van der Waals surface area contributed by atoms with Crippen molar-refractivity contribution in [3.8, 4) is 5.75 Å². The largest absolute Gasteiger partial charge is 0.489 e. The van der Waals surface area contributed by atoms with Gasteiger partial charge in [-0.1, -0.05) is 30.9 Å². The van der Waals surface area contributed by atoms with Crippen LogP contribution in [0.3, 0.4) is 0 Å². The Bertz CT molecular complexity index is 652. The van der Waals surface area contributed by atoms with E-state index in [2.05, 4.69) is 6.58 Å². The Hall–Kier alpha value is -2.89. The van der Waals surface area contributed by atoms with E-state index in [1.54, 1.807) is 30.3 Å². The topological polar surface area (TPSA) is 66.9 Å². The predicted octanol–water partition coefficient (Wildman–Crippen LogP) is 1.69. The Balaban J connectivity index is 2.43. The highest BCUT2D eigenvalue weighted by molar-refractivity contribution is 6.30. The molecule has 0 aromatic heterocycles. The lowest BCUT2D eigenvalue weighted by Gasteiger charge is -2.28. The molecular formula is C16H16N2O4. The number of hydrogen-bond acceptors (Lipinski definition) is 4. The summed E-state index contributed by atoms with van der Waals surface area (Å²) in [5, 5.41) is 0. The maximum Gasteiger partial charge on any atom is 0.333 e. The van der Waals surface area contributed by atoms with E-state index >= 15 is 0 Å². The minimum atomic E-state index is -0.650. The van der Waals surface area contributed by atoms with Crippen molar-refractivity contribution in [3.05, 3.63) is 48.1 Å². The van der Waals surface area contributed by atoms with Crippen molar-refractivity contribution >= 4 is 23.9 Å². The maximum absolute atomic E-state index is 12.2. The molecule has 114 valence electrons. The summed E-state index contributed by atoms with van der Waals surface area (Å²) in [5.41, 5.74) is 0.497. The molecule has 1 aromatic rings. The van der Waals surface area contributed by atoms with E-state index < -0.39 is 17.8 Å². The summed E-state index contributed by atoms with van der Waals surface area (Å²) in [6.07, 6.45) is 3.03. The number of ether oxygens (including phenoxy) is 1. The Morgan fingerprint density at radius 3 is 2.27 bits per heavy atom. The van der Waals surface area contributed by atoms with Crippen molar-refractivity contribution in [2.24, 2.45) is 0 Å². The number of nitrogens with zero attached hydrogens (tertiary/aromatic N) is 2. The Kier molecular flexibility index (Phi) is 4.41. The molecule has 0 unspecified atom stereocenters. The number of imide groups is 2. The summed E-state index contributed by atoms with van der Waals surface area (Å²) in [5.74, 6) is -0.740. The second-order valence-electron chi connectivity index (χ2n) is 4.71. The number of likely N-dealkylation sites (N-methyl/N-ethyl adjacent to an activating group) is 2. The first kappa shape index (κ1) is 15.5. The number of amides is 4. The van der Waals surface area contributed by atoms with Crippen LogP contribution in [0.4, 0.5) is 4.79 Å². The second kappa shape index (κ2) is 6.26. The Morgan fingerprint density at radius 1 is 1.09 bits per heavy atom. The van der Waals surface area contributed by atoms with Crippen molar-refractivity contribution in [2.75, 3.05) is 20.7 Å². The van der Waals surface area contributed by atoms with E-state index in [1.165, 1.54) is 20.2 Å². The molecule has 2 rings (SSSR count).